The Morgan fingerprint density at radius 3 is 2.36 bits per heavy atom. The zero-order valence-corrected chi connectivity index (χ0v) is 22.8. The van der Waals surface area contributed by atoms with Crippen LogP contribution in [-0.2, 0) is 19.5 Å². The average molecular weight is 564 g/mol. The van der Waals surface area contributed by atoms with E-state index in [1.807, 2.05) is 24.3 Å². The van der Waals surface area contributed by atoms with Crippen LogP contribution in [0.5, 0.6) is 0 Å². The van der Waals surface area contributed by atoms with Crippen molar-refractivity contribution in [2.45, 2.75) is 45.8 Å². The molecule has 0 spiro atoms. The first-order chi connectivity index (χ1) is 15.3. The molecular formula is C26H38IN5O. The van der Waals surface area contributed by atoms with Crippen LogP contribution in [0.3, 0.4) is 0 Å². The summed E-state index contributed by atoms with van der Waals surface area (Å²) in [5.74, 6) is 0.823. The number of fused-ring (bicyclic) bond motifs is 1. The van der Waals surface area contributed by atoms with Gasteiger partial charge in [0.05, 0.1) is 6.54 Å². The monoisotopic (exact) mass is 563 g/mol. The molecule has 0 atom stereocenters. The Kier molecular flexibility index (Phi) is 10.2. The van der Waals surface area contributed by atoms with Crippen LogP contribution < -0.4 is 10.6 Å². The summed E-state index contributed by atoms with van der Waals surface area (Å²) >= 11 is 0. The number of carbonyl (C=O) groups excluding carboxylic acids is 1. The van der Waals surface area contributed by atoms with Crippen LogP contribution in [0.15, 0.2) is 53.5 Å². The molecule has 33 heavy (non-hydrogen) atoms. The lowest BCUT2D eigenvalue weighted by atomic mass is 9.94. The molecule has 180 valence electrons. The summed E-state index contributed by atoms with van der Waals surface area (Å²) in [6.45, 7) is 10.9. The highest BCUT2D eigenvalue weighted by molar-refractivity contribution is 14.0. The maximum atomic E-state index is 12.1. The first kappa shape index (κ1) is 27.1. The minimum Gasteiger partial charge on any atom is -0.357 e. The largest absolute Gasteiger partial charge is 0.357 e. The highest BCUT2D eigenvalue weighted by Crippen LogP contribution is 2.24. The molecule has 1 aliphatic heterocycles. The molecule has 0 radical (unpaired) electrons. The molecule has 1 aliphatic rings. The van der Waals surface area contributed by atoms with Crippen molar-refractivity contribution >= 4 is 35.8 Å². The Balaban J connectivity index is 0.00000385. The van der Waals surface area contributed by atoms with Gasteiger partial charge in [0.1, 0.15) is 0 Å². The topological polar surface area (TPSA) is 60.0 Å². The highest BCUT2D eigenvalue weighted by atomic mass is 127. The van der Waals surface area contributed by atoms with Crippen LogP contribution >= 0.6 is 24.0 Å². The second kappa shape index (κ2) is 12.4. The second-order valence-corrected chi connectivity index (χ2v) is 9.20. The Bertz CT molecular complexity index is 940. The van der Waals surface area contributed by atoms with E-state index < -0.39 is 0 Å². The molecular weight excluding hydrogens is 525 g/mol. The Morgan fingerprint density at radius 1 is 1.06 bits per heavy atom. The maximum Gasteiger partial charge on any atom is 0.253 e. The van der Waals surface area contributed by atoms with E-state index in [4.69, 9.17) is 4.99 Å². The van der Waals surface area contributed by atoms with E-state index in [1.165, 1.54) is 11.1 Å². The molecule has 0 unspecified atom stereocenters. The van der Waals surface area contributed by atoms with Crippen molar-refractivity contribution in [3.8, 4) is 0 Å². The van der Waals surface area contributed by atoms with Gasteiger partial charge >= 0.3 is 0 Å². The van der Waals surface area contributed by atoms with Crippen molar-refractivity contribution in [2.24, 2.45) is 4.99 Å². The number of hydrogen-bond donors (Lipinski definition) is 2. The molecule has 1 amide bonds. The van der Waals surface area contributed by atoms with Crippen LogP contribution in [0.25, 0.3) is 0 Å². The Morgan fingerprint density at radius 2 is 1.73 bits per heavy atom. The smallest absolute Gasteiger partial charge is 0.253 e. The lowest BCUT2D eigenvalue weighted by molar-refractivity contribution is 0.0827. The number of nitrogens with zero attached hydrogens (tertiary/aromatic N) is 3. The summed E-state index contributed by atoms with van der Waals surface area (Å²) in [7, 11) is 3.53. The third-order valence-electron chi connectivity index (χ3n) is 6.05. The molecule has 2 aromatic rings. The molecule has 0 aliphatic carbocycles. The molecule has 0 bridgehead atoms. The van der Waals surface area contributed by atoms with Gasteiger partial charge in [-0.3, -0.25) is 9.69 Å². The highest BCUT2D eigenvalue weighted by Gasteiger charge is 2.29. The van der Waals surface area contributed by atoms with E-state index >= 15 is 0 Å². The van der Waals surface area contributed by atoms with Crippen molar-refractivity contribution in [2.75, 3.05) is 33.7 Å². The normalized spacial score (nSPS) is 14.2. The minimum atomic E-state index is -0.00207. The molecule has 0 saturated heterocycles. The van der Waals surface area contributed by atoms with Gasteiger partial charge in [0.2, 0.25) is 0 Å². The standard InChI is InChI=1S/C26H37N5O.HI/c1-6-27-25(28-17-20-11-13-22(14-12-20)24(32)30(4)5)29-19-26(2,3)31-16-15-21-9-7-8-10-23(21)18-31;/h7-14H,6,15-19H2,1-5H3,(H2,27,28,29);1H. The summed E-state index contributed by atoms with van der Waals surface area (Å²) in [5, 5.41) is 6.88. The molecule has 2 N–H and O–H groups in total. The molecule has 0 aromatic heterocycles. The molecule has 0 fully saturated rings. The number of rotatable bonds is 7. The van der Waals surface area contributed by atoms with Gasteiger partial charge < -0.3 is 15.5 Å². The summed E-state index contributed by atoms with van der Waals surface area (Å²) in [6, 6.07) is 16.4. The van der Waals surface area contributed by atoms with E-state index in [0.29, 0.717) is 12.1 Å². The van der Waals surface area contributed by atoms with Gasteiger partial charge in [0.25, 0.3) is 5.91 Å². The van der Waals surface area contributed by atoms with Crippen LogP contribution in [0, 0.1) is 0 Å². The fourth-order valence-electron chi connectivity index (χ4n) is 3.95. The van der Waals surface area contributed by atoms with Crippen molar-refractivity contribution in [1.82, 2.24) is 20.4 Å². The molecule has 0 saturated carbocycles. The SMILES string of the molecule is CCNC(=NCc1ccc(C(=O)N(C)C)cc1)NCC(C)(C)N1CCc2ccccc2C1.I. The summed E-state index contributed by atoms with van der Waals surface area (Å²) in [5.41, 5.74) is 4.67. The van der Waals surface area contributed by atoms with E-state index in [2.05, 4.69) is 60.6 Å². The Labute approximate surface area is 215 Å². The molecule has 3 rings (SSSR count). The minimum absolute atomic E-state index is 0. The fraction of sp³-hybridized carbons (Fsp3) is 0.462. The van der Waals surface area contributed by atoms with Gasteiger partial charge in [-0.15, -0.1) is 24.0 Å². The summed E-state index contributed by atoms with van der Waals surface area (Å²) in [4.78, 5) is 21.0. The van der Waals surface area contributed by atoms with Crippen LogP contribution in [-0.4, -0.2) is 60.9 Å². The fourth-order valence-corrected chi connectivity index (χ4v) is 3.95. The van der Waals surface area contributed by atoms with Crippen molar-refractivity contribution in [3.05, 3.63) is 70.8 Å². The van der Waals surface area contributed by atoms with Gasteiger partial charge in [0, 0.05) is 51.4 Å². The third kappa shape index (κ3) is 7.43. The molecule has 2 aromatic carbocycles. The van der Waals surface area contributed by atoms with Gasteiger partial charge in [0.15, 0.2) is 5.96 Å². The predicted molar refractivity (Wildman–Crippen MR) is 147 cm³/mol. The average Bonchev–Trinajstić information content (AvgIpc) is 2.80. The first-order valence-corrected chi connectivity index (χ1v) is 11.4. The second-order valence-electron chi connectivity index (χ2n) is 9.20. The van der Waals surface area contributed by atoms with Crippen molar-refractivity contribution in [3.63, 3.8) is 0 Å². The number of aliphatic imine (C=N–C) groups is 1. The van der Waals surface area contributed by atoms with E-state index in [1.54, 1.807) is 19.0 Å². The van der Waals surface area contributed by atoms with Crippen LogP contribution in [0.4, 0.5) is 0 Å². The number of carbonyl (C=O) groups is 1. The third-order valence-corrected chi connectivity index (χ3v) is 6.05. The maximum absolute atomic E-state index is 12.1. The first-order valence-electron chi connectivity index (χ1n) is 11.4. The van der Waals surface area contributed by atoms with Gasteiger partial charge in [-0.1, -0.05) is 36.4 Å². The molecule has 6 nitrogen and oxygen atoms in total. The van der Waals surface area contributed by atoms with E-state index in [0.717, 1.165) is 44.1 Å². The van der Waals surface area contributed by atoms with Gasteiger partial charge in [-0.2, -0.15) is 0 Å². The number of nitrogens with one attached hydrogen (secondary N) is 2. The van der Waals surface area contributed by atoms with E-state index in [9.17, 15) is 4.79 Å². The predicted octanol–water partition coefficient (Wildman–Crippen LogP) is 3.90. The van der Waals surface area contributed by atoms with Gasteiger partial charge in [-0.05, 0) is 56.0 Å². The zero-order valence-electron chi connectivity index (χ0n) is 20.5. The van der Waals surface area contributed by atoms with Crippen molar-refractivity contribution in [1.29, 1.82) is 0 Å². The number of hydrogen-bond acceptors (Lipinski definition) is 3. The number of guanidine groups is 1. The number of halogens is 1. The lowest BCUT2D eigenvalue weighted by Gasteiger charge is -2.42. The Hall–Kier alpha value is -2.13. The van der Waals surface area contributed by atoms with E-state index in [-0.39, 0.29) is 35.4 Å². The van der Waals surface area contributed by atoms with Crippen LogP contribution in [0.1, 0.15) is 47.8 Å². The quantitative estimate of drug-likeness (QED) is 0.305. The van der Waals surface area contributed by atoms with Crippen LogP contribution in [0.2, 0.25) is 0 Å². The number of amides is 1. The summed E-state index contributed by atoms with van der Waals surface area (Å²) < 4.78 is 0. The van der Waals surface area contributed by atoms with Gasteiger partial charge in [-0.25, -0.2) is 4.99 Å². The molecule has 1 heterocycles. The number of benzene rings is 2. The zero-order chi connectivity index (χ0) is 23.1. The van der Waals surface area contributed by atoms with Crippen molar-refractivity contribution < 1.29 is 4.79 Å². The summed E-state index contributed by atoms with van der Waals surface area (Å²) in [6.07, 6.45) is 1.10. The molecule has 7 heteroatoms. The lowest BCUT2D eigenvalue weighted by Crippen LogP contribution is -2.54.